The number of benzene rings is 1. The molecule has 0 aliphatic heterocycles. The smallest absolute Gasteiger partial charge is 0.0603 e. The second-order valence-corrected chi connectivity index (χ2v) is 6.61. The zero-order valence-corrected chi connectivity index (χ0v) is 13.7. The molecule has 2 unspecified atom stereocenters. The van der Waals surface area contributed by atoms with Crippen LogP contribution in [0.4, 0.5) is 5.69 Å². The maximum absolute atomic E-state index is 6.37. The van der Waals surface area contributed by atoms with E-state index in [4.69, 9.17) is 17.3 Å². The molecule has 1 heterocycles. The molecule has 2 N–H and O–H groups in total. The van der Waals surface area contributed by atoms with E-state index in [1.807, 2.05) is 19.1 Å². The third kappa shape index (κ3) is 3.35. The van der Waals surface area contributed by atoms with Crippen LogP contribution >= 0.6 is 22.9 Å². The first-order valence-corrected chi connectivity index (χ1v) is 8.05. The zero-order valence-electron chi connectivity index (χ0n) is 12.1. The van der Waals surface area contributed by atoms with E-state index in [0.717, 1.165) is 22.7 Å². The Morgan fingerprint density at radius 1 is 1.25 bits per heavy atom. The lowest BCUT2D eigenvalue weighted by Crippen LogP contribution is -2.25. The first kappa shape index (κ1) is 15.4. The summed E-state index contributed by atoms with van der Waals surface area (Å²) in [5, 5.41) is 2.91. The van der Waals surface area contributed by atoms with Gasteiger partial charge in [0.25, 0.3) is 0 Å². The third-order valence-electron chi connectivity index (χ3n) is 3.54. The molecule has 1 aromatic carbocycles. The van der Waals surface area contributed by atoms with Crippen LogP contribution in [0.1, 0.15) is 30.3 Å². The molecular weight excluding hydrogens is 288 g/mol. The van der Waals surface area contributed by atoms with E-state index in [9.17, 15) is 0 Å². The minimum Gasteiger partial charge on any atom is -0.367 e. The molecule has 0 amide bonds. The molecule has 0 saturated heterocycles. The summed E-state index contributed by atoms with van der Waals surface area (Å²) in [6, 6.07) is 10.7. The summed E-state index contributed by atoms with van der Waals surface area (Å²) < 4.78 is 0. The Labute approximate surface area is 130 Å². The van der Waals surface area contributed by atoms with E-state index in [1.165, 1.54) is 4.88 Å². The van der Waals surface area contributed by atoms with E-state index in [-0.39, 0.29) is 6.04 Å². The summed E-state index contributed by atoms with van der Waals surface area (Å²) in [5.41, 5.74) is 8.25. The lowest BCUT2D eigenvalue weighted by molar-refractivity contribution is 0.716. The molecule has 0 aliphatic rings. The Kier molecular flexibility index (Phi) is 5.08. The van der Waals surface area contributed by atoms with E-state index in [1.54, 1.807) is 11.3 Å². The number of hydrogen-bond acceptors (Lipinski definition) is 3. The fraction of sp³-hybridized carbons (Fsp3) is 0.375. The maximum Gasteiger partial charge on any atom is 0.0603 e. The predicted molar refractivity (Wildman–Crippen MR) is 89.9 cm³/mol. The molecule has 0 radical (unpaired) electrons. The van der Waals surface area contributed by atoms with E-state index >= 15 is 0 Å². The standard InChI is InChI=1S/C16H21ClN2S/c1-11(18)10-13-14(17)6-4-7-15(13)19(3)12(2)16-8-5-9-20-16/h4-9,11-12H,10,18H2,1-3H3. The highest BCUT2D eigenvalue weighted by molar-refractivity contribution is 7.10. The first-order valence-electron chi connectivity index (χ1n) is 6.80. The van der Waals surface area contributed by atoms with Gasteiger partial charge in [0.2, 0.25) is 0 Å². The van der Waals surface area contributed by atoms with Gasteiger partial charge in [0, 0.05) is 28.7 Å². The van der Waals surface area contributed by atoms with Gasteiger partial charge in [0.05, 0.1) is 6.04 Å². The molecule has 0 bridgehead atoms. The fourth-order valence-corrected chi connectivity index (χ4v) is 3.40. The summed E-state index contributed by atoms with van der Waals surface area (Å²) in [5.74, 6) is 0. The Bertz CT molecular complexity index is 552. The molecule has 0 saturated carbocycles. The van der Waals surface area contributed by atoms with Gasteiger partial charge in [-0.2, -0.15) is 0 Å². The van der Waals surface area contributed by atoms with Crippen LogP contribution in [0.3, 0.4) is 0 Å². The molecule has 1 aromatic heterocycles. The number of thiophene rings is 1. The quantitative estimate of drug-likeness (QED) is 0.882. The van der Waals surface area contributed by atoms with Crippen molar-refractivity contribution in [1.82, 2.24) is 0 Å². The van der Waals surface area contributed by atoms with Crippen molar-refractivity contribution in [2.45, 2.75) is 32.4 Å². The molecule has 0 aliphatic carbocycles. The Hall–Kier alpha value is -1.03. The second kappa shape index (κ2) is 6.61. The summed E-state index contributed by atoms with van der Waals surface area (Å²) in [4.78, 5) is 3.62. The average molecular weight is 309 g/mol. The van der Waals surface area contributed by atoms with Crippen LogP contribution in [0.25, 0.3) is 0 Å². The average Bonchev–Trinajstić information content (AvgIpc) is 2.93. The van der Waals surface area contributed by atoms with Gasteiger partial charge in [0.1, 0.15) is 0 Å². The van der Waals surface area contributed by atoms with E-state index < -0.39 is 0 Å². The van der Waals surface area contributed by atoms with Crippen LogP contribution in [0.2, 0.25) is 5.02 Å². The highest BCUT2D eigenvalue weighted by Gasteiger charge is 2.18. The van der Waals surface area contributed by atoms with Crippen LogP contribution in [0, 0.1) is 0 Å². The van der Waals surface area contributed by atoms with Gasteiger partial charge < -0.3 is 10.6 Å². The molecule has 2 atom stereocenters. The van der Waals surface area contributed by atoms with Crippen LogP contribution in [-0.2, 0) is 6.42 Å². The number of nitrogens with two attached hydrogens (primary N) is 1. The summed E-state index contributed by atoms with van der Waals surface area (Å²) in [7, 11) is 2.11. The van der Waals surface area contributed by atoms with E-state index in [2.05, 4.69) is 42.5 Å². The van der Waals surface area contributed by atoms with Crippen molar-refractivity contribution in [3.8, 4) is 0 Å². The molecule has 0 spiro atoms. The summed E-state index contributed by atoms with van der Waals surface area (Å²) >= 11 is 8.15. The highest BCUT2D eigenvalue weighted by atomic mass is 35.5. The molecule has 2 nitrogen and oxygen atoms in total. The Morgan fingerprint density at radius 2 is 2.00 bits per heavy atom. The number of hydrogen-bond donors (Lipinski definition) is 1. The Balaban J connectivity index is 2.34. The molecule has 2 aromatic rings. The van der Waals surface area contributed by atoms with Crippen molar-refractivity contribution < 1.29 is 0 Å². The van der Waals surface area contributed by atoms with Crippen molar-refractivity contribution in [2.24, 2.45) is 5.73 Å². The van der Waals surface area contributed by atoms with Crippen LogP contribution in [-0.4, -0.2) is 13.1 Å². The molecular formula is C16H21ClN2S. The largest absolute Gasteiger partial charge is 0.367 e. The van der Waals surface area contributed by atoms with Gasteiger partial charge in [0.15, 0.2) is 0 Å². The minimum absolute atomic E-state index is 0.0964. The lowest BCUT2D eigenvalue weighted by Gasteiger charge is -2.29. The first-order chi connectivity index (χ1) is 9.50. The van der Waals surface area contributed by atoms with Gasteiger partial charge in [-0.1, -0.05) is 23.7 Å². The summed E-state index contributed by atoms with van der Waals surface area (Å²) in [6.07, 6.45) is 0.788. The normalized spacial score (nSPS) is 14.1. The molecule has 0 fully saturated rings. The van der Waals surface area contributed by atoms with Gasteiger partial charge >= 0.3 is 0 Å². The zero-order chi connectivity index (χ0) is 14.7. The Morgan fingerprint density at radius 3 is 2.60 bits per heavy atom. The summed E-state index contributed by atoms with van der Waals surface area (Å²) in [6.45, 7) is 4.22. The SMILES string of the molecule is CC(N)Cc1c(Cl)cccc1N(C)C(C)c1cccs1. The number of halogens is 1. The molecule has 4 heteroatoms. The monoisotopic (exact) mass is 308 g/mol. The maximum atomic E-state index is 6.37. The molecule has 2 rings (SSSR count). The van der Waals surface area contributed by atoms with Crippen molar-refractivity contribution in [2.75, 3.05) is 11.9 Å². The van der Waals surface area contributed by atoms with Gasteiger partial charge in [-0.3, -0.25) is 0 Å². The highest BCUT2D eigenvalue weighted by Crippen LogP contribution is 2.34. The van der Waals surface area contributed by atoms with Crippen LogP contribution < -0.4 is 10.6 Å². The second-order valence-electron chi connectivity index (χ2n) is 5.22. The van der Waals surface area contributed by atoms with Crippen LogP contribution in [0.5, 0.6) is 0 Å². The van der Waals surface area contributed by atoms with Crippen LogP contribution in [0.15, 0.2) is 35.7 Å². The number of anilines is 1. The van der Waals surface area contributed by atoms with Crippen molar-refractivity contribution in [1.29, 1.82) is 0 Å². The van der Waals surface area contributed by atoms with Crippen molar-refractivity contribution in [3.63, 3.8) is 0 Å². The number of rotatable bonds is 5. The van der Waals surface area contributed by atoms with Gasteiger partial charge in [-0.05, 0) is 49.4 Å². The molecule has 20 heavy (non-hydrogen) atoms. The van der Waals surface area contributed by atoms with Crippen molar-refractivity contribution >= 4 is 28.6 Å². The third-order valence-corrected chi connectivity index (χ3v) is 4.93. The fourth-order valence-electron chi connectivity index (χ4n) is 2.33. The topological polar surface area (TPSA) is 29.3 Å². The van der Waals surface area contributed by atoms with Crippen molar-refractivity contribution in [3.05, 3.63) is 51.2 Å². The predicted octanol–water partition coefficient (Wildman–Crippen LogP) is 4.49. The minimum atomic E-state index is 0.0964. The van der Waals surface area contributed by atoms with Gasteiger partial charge in [-0.25, -0.2) is 0 Å². The lowest BCUT2D eigenvalue weighted by atomic mass is 10.0. The molecule has 108 valence electrons. The number of nitrogens with zero attached hydrogens (tertiary/aromatic N) is 1. The van der Waals surface area contributed by atoms with E-state index in [0.29, 0.717) is 6.04 Å². The van der Waals surface area contributed by atoms with Gasteiger partial charge in [-0.15, -0.1) is 11.3 Å².